The second kappa shape index (κ2) is 3.78. The topological polar surface area (TPSA) is 76.4 Å². The van der Waals surface area contributed by atoms with Crippen molar-refractivity contribution in [3.05, 3.63) is 12.3 Å². The minimum absolute atomic E-state index is 0. The van der Waals surface area contributed by atoms with Gasteiger partial charge in [0.25, 0.3) is 0 Å². The summed E-state index contributed by atoms with van der Waals surface area (Å²) in [5, 5.41) is 2.91. The lowest BCUT2D eigenvalue weighted by molar-refractivity contribution is 0.353. The number of hydrogen-bond acceptors (Lipinski definition) is 4. The molecule has 0 saturated heterocycles. The largest absolute Gasteiger partial charge is 0.370 e. The average Bonchev–Trinajstić information content (AvgIpc) is 1.86. The zero-order chi connectivity index (χ0) is 8.48. The Morgan fingerprint density at radius 3 is 2.50 bits per heavy atom. The molecule has 4 nitrogen and oxygen atoms in total. The Balaban J connectivity index is 0.00000121. The van der Waals surface area contributed by atoms with Gasteiger partial charge in [-0.25, -0.2) is 4.99 Å². The first-order chi connectivity index (χ1) is 5.04. The molecule has 1 heterocycles. The summed E-state index contributed by atoms with van der Waals surface area (Å²) in [7, 11) is 0. The predicted octanol–water partition coefficient (Wildman–Crippen LogP) is 0.151. The van der Waals surface area contributed by atoms with Gasteiger partial charge in [0, 0.05) is 6.20 Å². The van der Waals surface area contributed by atoms with E-state index in [0.29, 0.717) is 5.96 Å². The van der Waals surface area contributed by atoms with Crippen LogP contribution >= 0.6 is 12.4 Å². The van der Waals surface area contributed by atoms with Crippen LogP contribution in [-0.4, -0.2) is 11.6 Å². The quantitative estimate of drug-likeness (QED) is 0.551. The van der Waals surface area contributed by atoms with E-state index in [4.69, 9.17) is 11.5 Å². The van der Waals surface area contributed by atoms with E-state index in [1.54, 1.807) is 6.20 Å². The van der Waals surface area contributed by atoms with Gasteiger partial charge in [-0.1, -0.05) is 13.8 Å². The fourth-order valence-electron chi connectivity index (χ4n) is 0.873. The zero-order valence-electron chi connectivity index (χ0n) is 7.24. The molecule has 0 amide bonds. The number of aliphatic imine (C=N–C) groups is 1. The molecule has 1 rings (SSSR count). The number of rotatable bonds is 1. The molecule has 0 fully saturated rings. The van der Waals surface area contributed by atoms with E-state index in [9.17, 15) is 0 Å². The van der Waals surface area contributed by atoms with Crippen molar-refractivity contribution in [3.8, 4) is 0 Å². The van der Waals surface area contributed by atoms with Crippen LogP contribution in [0.5, 0.6) is 0 Å². The van der Waals surface area contributed by atoms with Crippen molar-refractivity contribution >= 4 is 18.4 Å². The van der Waals surface area contributed by atoms with Crippen LogP contribution in [0.1, 0.15) is 13.8 Å². The maximum Gasteiger partial charge on any atom is 0.194 e. The first-order valence-corrected chi connectivity index (χ1v) is 3.62. The molecular weight excluding hydrogens is 176 g/mol. The highest BCUT2D eigenvalue weighted by Crippen LogP contribution is 2.13. The molecule has 1 aliphatic heterocycles. The van der Waals surface area contributed by atoms with E-state index in [2.05, 4.69) is 10.3 Å². The van der Waals surface area contributed by atoms with Crippen molar-refractivity contribution in [1.82, 2.24) is 5.32 Å². The summed E-state index contributed by atoms with van der Waals surface area (Å²) in [6.07, 6.45) is 3.44. The lowest BCUT2D eigenvalue weighted by Crippen LogP contribution is -2.61. The monoisotopic (exact) mass is 190 g/mol. The SMILES string of the molecule is CC(C)C1(N)C=CN=C(N)N1.Cl. The van der Waals surface area contributed by atoms with Gasteiger partial charge in [-0.05, 0) is 12.0 Å². The summed E-state index contributed by atoms with van der Waals surface area (Å²) >= 11 is 0. The smallest absolute Gasteiger partial charge is 0.194 e. The third kappa shape index (κ3) is 2.12. The van der Waals surface area contributed by atoms with Crippen LogP contribution in [0.3, 0.4) is 0 Å². The van der Waals surface area contributed by atoms with Crippen molar-refractivity contribution in [3.63, 3.8) is 0 Å². The Hall–Kier alpha value is -0.740. The van der Waals surface area contributed by atoms with E-state index < -0.39 is 5.66 Å². The number of nitrogens with zero attached hydrogens (tertiary/aromatic N) is 1. The average molecular weight is 191 g/mol. The molecule has 1 aliphatic rings. The molecule has 70 valence electrons. The van der Waals surface area contributed by atoms with Gasteiger partial charge in [0.2, 0.25) is 0 Å². The Labute approximate surface area is 78.5 Å². The number of halogens is 1. The third-order valence-electron chi connectivity index (χ3n) is 1.86. The minimum Gasteiger partial charge on any atom is -0.370 e. The fraction of sp³-hybridized carbons (Fsp3) is 0.571. The molecule has 0 spiro atoms. The molecule has 0 aliphatic carbocycles. The van der Waals surface area contributed by atoms with Crippen LogP contribution in [0.25, 0.3) is 0 Å². The van der Waals surface area contributed by atoms with Gasteiger partial charge in [0.05, 0.1) is 0 Å². The molecule has 12 heavy (non-hydrogen) atoms. The number of hydrogen-bond donors (Lipinski definition) is 3. The number of nitrogens with two attached hydrogens (primary N) is 2. The first-order valence-electron chi connectivity index (χ1n) is 3.62. The molecular formula is C7H15ClN4. The number of guanidine groups is 1. The highest BCUT2D eigenvalue weighted by molar-refractivity contribution is 5.85. The molecule has 1 unspecified atom stereocenters. The first kappa shape index (κ1) is 11.3. The maximum absolute atomic E-state index is 5.93. The molecule has 5 N–H and O–H groups in total. The van der Waals surface area contributed by atoms with E-state index in [0.717, 1.165) is 0 Å². The summed E-state index contributed by atoms with van der Waals surface area (Å²) in [6.45, 7) is 4.05. The maximum atomic E-state index is 5.93. The minimum atomic E-state index is -0.536. The van der Waals surface area contributed by atoms with E-state index in [1.807, 2.05) is 19.9 Å². The van der Waals surface area contributed by atoms with Crippen molar-refractivity contribution in [1.29, 1.82) is 0 Å². The van der Waals surface area contributed by atoms with Gasteiger partial charge in [-0.2, -0.15) is 0 Å². The summed E-state index contributed by atoms with van der Waals surface area (Å²) < 4.78 is 0. The second-order valence-electron chi connectivity index (χ2n) is 3.04. The predicted molar refractivity (Wildman–Crippen MR) is 52.9 cm³/mol. The van der Waals surface area contributed by atoms with Crippen LogP contribution in [0.4, 0.5) is 0 Å². The lowest BCUT2D eigenvalue weighted by atomic mass is 9.96. The van der Waals surface area contributed by atoms with Crippen molar-refractivity contribution in [2.45, 2.75) is 19.5 Å². The molecule has 0 aromatic heterocycles. The standard InChI is InChI=1S/C7H14N4.ClH/c1-5(2)7(9)3-4-10-6(8)11-7;/h3-5H,9H2,1-2H3,(H3,8,10,11);1H. The Morgan fingerprint density at radius 2 is 2.17 bits per heavy atom. The van der Waals surface area contributed by atoms with Crippen LogP contribution in [0.2, 0.25) is 0 Å². The van der Waals surface area contributed by atoms with Gasteiger partial charge in [-0.15, -0.1) is 12.4 Å². The van der Waals surface area contributed by atoms with Crippen molar-refractivity contribution < 1.29 is 0 Å². The second-order valence-corrected chi connectivity index (χ2v) is 3.04. The van der Waals surface area contributed by atoms with Crippen LogP contribution in [-0.2, 0) is 0 Å². The molecule has 0 aromatic rings. The van der Waals surface area contributed by atoms with Gasteiger partial charge in [0.15, 0.2) is 5.96 Å². The van der Waals surface area contributed by atoms with Crippen LogP contribution < -0.4 is 16.8 Å². The van der Waals surface area contributed by atoms with E-state index >= 15 is 0 Å². The van der Waals surface area contributed by atoms with Gasteiger partial charge in [-0.3, -0.25) is 0 Å². The molecule has 5 heteroatoms. The van der Waals surface area contributed by atoms with Crippen molar-refractivity contribution in [2.75, 3.05) is 0 Å². The van der Waals surface area contributed by atoms with E-state index in [-0.39, 0.29) is 18.3 Å². The molecule has 1 atom stereocenters. The highest BCUT2D eigenvalue weighted by atomic mass is 35.5. The molecule has 0 aromatic carbocycles. The Bertz CT molecular complexity index is 211. The summed E-state index contributed by atoms with van der Waals surface area (Å²) in [5.74, 6) is 0.663. The van der Waals surface area contributed by atoms with Crippen molar-refractivity contribution in [2.24, 2.45) is 22.4 Å². The van der Waals surface area contributed by atoms with Gasteiger partial charge >= 0.3 is 0 Å². The third-order valence-corrected chi connectivity index (χ3v) is 1.86. The van der Waals surface area contributed by atoms with Gasteiger partial charge < -0.3 is 16.8 Å². The Morgan fingerprint density at radius 1 is 1.58 bits per heavy atom. The number of nitrogens with one attached hydrogen (secondary N) is 1. The molecule has 0 saturated carbocycles. The summed E-state index contributed by atoms with van der Waals surface area (Å²) in [5.41, 5.74) is 10.9. The fourth-order valence-corrected chi connectivity index (χ4v) is 0.873. The van der Waals surface area contributed by atoms with Crippen LogP contribution in [0.15, 0.2) is 17.3 Å². The zero-order valence-corrected chi connectivity index (χ0v) is 8.06. The summed E-state index contributed by atoms with van der Waals surface area (Å²) in [4.78, 5) is 3.83. The normalized spacial score (nSPS) is 27.5. The van der Waals surface area contributed by atoms with Gasteiger partial charge in [0.1, 0.15) is 5.66 Å². The summed E-state index contributed by atoms with van der Waals surface area (Å²) in [6, 6.07) is 0. The molecule has 0 radical (unpaired) electrons. The lowest BCUT2D eigenvalue weighted by Gasteiger charge is -2.33. The van der Waals surface area contributed by atoms with E-state index in [1.165, 1.54) is 0 Å². The molecule has 0 bridgehead atoms. The highest BCUT2D eigenvalue weighted by Gasteiger charge is 2.27. The van der Waals surface area contributed by atoms with Crippen LogP contribution in [0, 0.1) is 5.92 Å². The Kier molecular flexibility index (Phi) is 3.55.